The van der Waals surface area contributed by atoms with Gasteiger partial charge >= 0.3 is 0 Å². The molecule has 0 saturated heterocycles. The summed E-state index contributed by atoms with van der Waals surface area (Å²) < 4.78 is 2.09. The monoisotopic (exact) mass is 246 g/mol. The molecule has 0 N–H and O–H groups in total. The van der Waals surface area contributed by atoms with E-state index in [0.29, 0.717) is 5.88 Å². The fourth-order valence-corrected chi connectivity index (χ4v) is 2.63. The van der Waals surface area contributed by atoms with E-state index >= 15 is 0 Å². The number of hydrogen-bond acceptors (Lipinski definition) is 1. The van der Waals surface area contributed by atoms with Crippen molar-refractivity contribution in [2.45, 2.75) is 31.7 Å². The third-order valence-corrected chi connectivity index (χ3v) is 3.63. The van der Waals surface area contributed by atoms with Crippen LogP contribution >= 0.6 is 11.6 Å². The lowest BCUT2D eigenvalue weighted by Gasteiger charge is -2.05. The summed E-state index contributed by atoms with van der Waals surface area (Å²) in [5.41, 5.74) is 5.35. The Bertz CT molecular complexity index is 531. The highest BCUT2D eigenvalue weighted by Gasteiger charge is 2.10. The zero-order chi connectivity index (χ0) is 11.7. The van der Waals surface area contributed by atoms with Crippen LogP contribution in [0.25, 0.3) is 0 Å². The summed E-state index contributed by atoms with van der Waals surface area (Å²) in [5, 5.41) is 0. The van der Waals surface area contributed by atoms with Crippen LogP contribution in [0.5, 0.6) is 0 Å². The maximum atomic E-state index is 5.74. The van der Waals surface area contributed by atoms with E-state index in [2.05, 4.69) is 27.8 Å². The Labute approximate surface area is 106 Å². The molecule has 1 aromatic heterocycles. The molecular weight excluding hydrogens is 232 g/mol. The Balaban J connectivity index is 1.80. The van der Waals surface area contributed by atoms with Gasteiger partial charge in [-0.15, -0.1) is 11.6 Å². The van der Waals surface area contributed by atoms with E-state index in [-0.39, 0.29) is 0 Å². The molecule has 1 aliphatic carbocycles. The lowest BCUT2D eigenvalue weighted by atomic mass is 10.1. The molecule has 0 atom stereocenters. The topological polar surface area (TPSA) is 17.8 Å². The Hall–Kier alpha value is -1.28. The van der Waals surface area contributed by atoms with Crippen molar-refractivity contribution in [3.63, 3.8) is 0 Å². The van der Waals surface area contributed by atoms with Gasteiger partial charge in [-0.05, 0) is 36.0 Å². The first-order valence-electron chi connectivity index (χ1n) is 6.02. The van der Waals surface area contributed by atoms with Crippen LogP contribution in [0.4, 0.5) is 0 Å². The van der Waals surface area contributed by atoms with Gasteiger partial charge < -0.3 is 4.57 Å². The van der Waals surface area contributed by atoms with Crippen LogP contribution in [-0.2, 0) is 25.3 Å². The van der Waals surface area contributed by atoms with E-state index in [1.807, 2.05) is 12.5 Å². The van der Waals surface area contributed by atoms with Crippen molar-refractivity contribution < 1.29 is 0 Å². The molecule has 0 unspecified atom stereocenters. The average Bonchev–Trinajstić information content (AvgIpc) is 2.96. The van der Waals surface area contributed by atoms with E-state index in [1.165, 1.54) is 36.0 Å². The van der Waals surface area contributed by atoms with Crippen LogP contribution in [0.3, 0.4) is 0 Å². The van der Waals surface area contributed by atoms with E-state index in [0.717, 1.165) is 12.2 Å². The second-order valence-electron chi connectivity index (χ2n) is 4.63. The Morgan fingerprint density at radius 3 is 2.94 bits per heavy atom. The molecule has 1 aromatic carbocycles. The van der Waals surface area contributed by atoms with Crippen molar-refractivity contribution in [1.82, 2.24) is 9.55 Å². The lowest BCUT2D eigenvalue weighted by molar-refractivity contribution is 0.795. The molecule has 2 nitrogen and oxygen atoms in total. The number of fused-ring (bicyclic) bond motifs is 1. The molecule has 3 heteroatoms. The fraction of sp³-hybridized carbons (Fsp3) is 0.357. The minimum atomic E-state index is 0.483. The first-order chi connectivity index (χ1) is 8.35. The number of benzene rings is 1. The van der Waals surface area contributed by atoms with Crippen LogP contribution in [0.2, 0.25) is 0 Å². The summed E-state index contributed by atoms with van der Waals surface area (Å²) in [4.78, 5) is 4.23. The smallest absolute Gasteiger partial charge is 0.0953 e. The van der Waals surface area contributed by atoms with Crippen LogP contribution in [0, 0.1) is 0 Å². The van der Waals surface area contributed by atoms with E-state index in [1.54, 1.807) is 0 Å². The van der Waals surface area contributed by atoms with Gasteiger partial charge in [-0.3, -0.25) is 0 Å². The number of aryl methyl sites for hydroxylation is 2. The lowest BCUT2D eigenvalue weighted by Crippen LogP contribution is -1.97. The number of alkyl halides is 1. The van der Waals surface area contributed by atoms with Crippen molar-refractivity contribution in [2.24, 2.45) is 0 Å². The molecular formula is C14H15ClN2. The highest BCUT2D eigenvalue weighted by molar-refractivity contribution is 6.16. The predicted octanol–water partition coefficient (Wildman–Crippen LogP) is 3.16. The SMILES string of the molecule is ClCc1cn(Cc2ccc3c(c2)CCC3)cn1. The van der Waals surface area contributed by atoms with Crippen molar-refractivity contribution in [3.8, 4) is 0 Å². The summed E-state index contributed by atoms with van der Waals surface area (Å²) in [6, 6.07) is 6.84. The van der Waals surface area contributed by atoms with Gasteiger partial charge in [-0.2, -0.15) is 0 Å². The third-order valence-electron chi connectivity index (χ3n) is 3.35. The Morgan fingerprint density at radius 1 is 1.24 bits per heavy atom. The van der Waals surface area contributed by atoms with Gasteiger partial charge in [0.15, 0.2) is 0 Å². The van der Waals surface area contributed by atoms with Crippen molar-refractivity contribution >= 4 is 11.6 Å². The second kappa shape index (κ2) is 4.53. The van der Waals surface area contributed by atoms with Gasteiger partial charge in [-0.25, -0.2) is 4.98 Å². The first kappa shape index (κ1) is 10.8. The number of nitrogens with zero attached hydrogens (tertiary/aromatic N) is 2. The summed E-state index contributed by atoms with van der Waals surface area (Å²) in [6.45, 7) is 0.886. The molecule has 1 aliphatic rings. The van der Waals surface area contributed by atoms with Gasteiger partial charge in [0.1, 0.15) is 0 Å². The number of aromatic nitrogens is 2. The number of hydrogen-bond donors (Lipinski definition) is 0. The van der Waals surface area contributed by atoms with Gasteiger partial charge in [-0.1, -0.05) is 18.2 Å². The van der Waals surface area contributed by atoms with E-state index in [9.17, 15) is 0 Å². The number of rotatable bonds is 3. The maximum Gasteiger partial charge on any atom is 0.0953 e. The van der Waals surface area contributed by atoms with Gasteiger partial charge in [0.2, 0.25) is 0 Å². The van der Waals surface area contributed by atoms with Crippen molar-refractivity contribution in [1.29, 1.82) is 0 Å². The van der Waals surface area contributed by atoms with Crippen LogP contribution in [0.15, 0.2) is 30.7 Å². The molecule has 0 fully saturated rings. The molecule has 0 spiro atoms. The molecule has 17 heavy (non-hydrogen) atoms. The van der Waals surface area contributed by atoms with E-state index < -0.39 is 0 Å². The Kier molecular flexibility index (Phi) is 2.89. The summed E-state index contributed by atoms with van der Waals surface area (Å²) in [5.74, 6) is 0.483. The minimum absolute atomic E-state index is 0.483. The van der Waals surface area contributed by atoms with Crippen molar-refractivity contribution in [3.05, 3.63) is 53.1 Å². The highest BCUT2D eigenvalue weighted by atomic mass is 35.5. The molecule has 0 radical (unpaired) electrons. The van der Waals surface area contributed by atoms with Gasteiger partial charge in [0.05, 0.1) is 17.9 Å². The molecule has 0 saturated carbocycles. The summed E-state index contributed by atoms with van der Waals surface area (Å²) in [6.07, 6.45) is 7.66. The van der Waals surface area contributed by atoms with Crippen LogP contribution in [-0.4, -0.2) is 9.55 Å². The van der Waals surface area contributed by atoms with E-state index in [4.69, 9.17) is 11.6 Å². The molecule has 0 amide bonds. The fourth-order valence-electron chi connectivity index (χ4n) is 2.50. The minimum Gasteiger partial charge on any atom is -0.333 e. The van der Waals surface area contributed by atoms with Gasteiger partial charge in [0.25, 0.3) is 0 Å². The number of halogens is 1. The highest BCUT2D eigenvalue weighted by Crippen LogP contribution is 2.23. The average molecular weight is 247 g/mol. The second-order valence-corrected chi connectivity index (χ2v) is 4.89. The third kappa shape index (κ3) is 2.22. The zero-order valence-electron chi connectivity index (χ0n) is 9.69. The quantitative estimate of drug-likeness (QED) is 0.761. The van der Waals surface area contributed by atoms with Crippen LogP contribution < -0.4 is 0 Å². The molecule has 1 heterocycles. The molecule has 88 valence electrons. The van der Waals surface area contributed by atoms with Gasteiger partial charge in [0, 0.05) is 12.7 Å². The standard InChI is InChI=1S/C14H15ClN2/c15-7-14-9-17(10-16-14)8-11-4-5-12-2-1-3-13(12)6-11/h4-6,9-10H,1-3,7-8H2. The Morgan fingerprint density at radius 2 is 2.12 bits per heavy atom. The first-order valence-corrected chi connectivity index (χ1v) is 6.56. The summed E-state index contributed by atoms with van der Waals surface area (Å²) >= 11 is 5.74. The molecule has 0 aliphatic heterocycles. The molecule has 0 bridgehead atoms. The van der Waals surface area contributed by atoms with Crippen molar-refractivity contribution in [2.75, 3.05) is 0 Å². The van der Waals surface area contributed by atoms with Crippen LogP contribution in [0.1, 0.15) is 28.8 Å². The number of imidazole rings is 1. The molecule has 3 rings (SSSR count). The maximum absolute atomic E-state index is 5.74. The summed E-state index contributed by atoms with van der Waals surface area (Å²) in [7, 11) is 0. The largest absolute Gasteiger partial charge is 0.333 e. The predicted molar refractivity (Wildman–Crippen MR) is 69.4 cm³/mol. The zero-order valence-corrected chi connectivity index (χ0v) is 10.5. The normalized spacial score (nSPS) is 13.9. The molecule has 2 aromatic rings.